The summed E-state index contributed by atoms with van der Waals surface area (Å²) in [7, 11) is -5.58. The van der Waals surface area contributed by atoms with Gasteiger partial charge in [0, 0.05) is 0 Å². The molecule has 0 spiro atoms. The van der Waals surface area contributed by atoms with E-state index in [4.69, 9.17) is 13.8 Å². The Hall–Kier alpha value is -1.18. The van der Waals surface area contributed by atoms with Crippen LogP contribution < -0.4 is 4.74 Å². The van der Waals surface area contributed by atoms with Crippen LogP contribution in [0.25, 0.3) is 0 Å². The van der Waals surface area contributed by atoms with Crippen molar-refractivity contribution in [1.29, 1.82) is 0 Å². The van der Waals surface area contributed by atoms with Crippen molar-refractivity contribution < 1.29 is 38.5 Å². The van der Waals surface area contributed by atoms with Crippen molar-refractivity contribution >= 4 is 17.2 Å². The second kappa shape index (κ2) is 14.1. The number of rotatable bonds is 11. The molecule has 43 heavy (non-hydrogen) atoms. The summed E-state index contributed by atoms with van der Waals surface area (Å²) in [6.07, 6.45) is -0.963. The highest BCUT2D eigenvalue weighted by Gasteiger charge is 2.46. The lowest BCUT2D eigenvalue weighted by Gasteiger charge is -2.42. The van der Waals surface area contributed by atoms with Gasteiger partial charge in [0.25, 0.3) is 0 Å². The molecule has 0 bridgehead atoms. The van der Waals surface area contributed by atoms with Gasteiger partial charge in [-0.2, -0.15) is 0 Å². The van der Waals surface area contributed by atoms with E-state index in [9.17, 15) is 24.7 Å². The molecule has 0 radical (unpaired) electrons. The molecule has 10 heteroatoms. The zero-order valence-electron chi connectivity index (χ0n) is 28.0. The van der Waals surface area contributed by atoms with Gasteiger partial charge in [0.2, 0.25) is 0 Å². The van der Waals surface area contributed by atoms with Gasteiger partial charge in [0.15, 0.2) is 0 Å². The van der Waals surface area contributed by atoms with Gasteiger partial charge < -0.3 is 38.5 Å². The second-order valence-corrected chi connectivity index (χ2v) is 17.1. The fraction of sp³-hybridized carbons (Fsp3) is 0.636. The molecule has 0 aliphatic heterocycles. The summed E-state index contributed by atoms with van der Waals surface area (Å²) in [5, 5.41) is 11.1. The van der Waals surface area contributed by atoms with Crippen LogP contribution >= 0.6 is 17.2 Å². The van der Waals surface area contributed by atoms with Gasteiger partial charge in [-0.15, -0.1) is 0 Å². The van der Waals surface area contributed by atoms with E-state index in [-0.39, 0.29) is 34.9 Å². The van der Waals surface area contributed by atoms with Crippen LogP contribution in [-0.4, -0.2) is 44.5 Å². The topological polar surface area (TPSA) is 129 Å². The molecular formula is C33H54O8P2. The van der Waals surface area contributed by atoms with E-state index in [2.05, 4.69) is 113 Å². The Morgan fingerprint density at radius 2 is 1.02 bits per heavy atom. The minimum Gasteiger partial charge on any atom is -0.485 e. The average Bonchev–Trinajstić information content (AvgIpc) is 2.85. The molecule has 0 aliphatic carbocycles. The molecule has 0 aliphatic rings. The molecule has 2 aromatic carbocycles. The minimum absolute atomic E-state index is 0.180. The van der Waals surface area contributed by atoms with Crippen LogP contribution in [0.1, 0.15) is 117 Å². The highest BCUT2D eigenvalue weighted by molar-refractivity contribution is 7.39. The number of aliphatic hydroxyl groups is 1. The van der Waals surface area contributed by atoms with Crippen LogP contribution in [0.2, 0.25) is 0 Å². The Balaban J connectivity index is 3.07. The van der Waals surface area contributed by atoms with E-state index in [0.717, 1.165) is 27.8 Å². The van der Waals surface area contributed by atoms with Crippen LogP contribution in [0, 0.1) is 5.41 Å². The van der Waals surface area contributed by atoms with Gasteiger partial charge in [-0.1, -0.05) is 113 Å². The van der Waals surface area contributed by atoms with E-state index in [0.29, 0.717) is 5.75 Å². The zero-order chi connectivity index (χ0) is 33.2. The summed E-state index contributed by atoms with van der Waals surface area (Å²) in [6, 6.07) is 12.4. The molecule has 0 saturated carbocycles. The Kier molecular flexibility index (Phi) is 12.4. The number of hydrogen-bond acceptors (Lipinski definition) is 8. The molecule has 0 fully saturated rings. The lowest BCUT2D eigenvalue weighted by atomic mass is 9.72. The van der Waals surface area contributed by atoms with Crippen molar-refractivity contribution in [2.24, 2.45) is 5.41 Å². The monoisotopic (exact) mass is 640 g/mol. The average molecular weight is 641 g/mol. The third kappa shape index (κ3) is 10.2. The first-order chi connectivity index (χ1) is 19.4. The molecule has 0 heterocycles. The molecule has 2 rings (SSSR count). The predicted octanol–water partition coefficient (Wildman–Crippen LogP) is 7.43. The van der Waals surface area contributed by atoms with Crippen molar-refractivity contribution in [3.63, 3.8) is 0 Å². The molecular weight excluding hydrogens is 586 g/mol. The highest BCUT2D eigenvalue weighted by atomic mass is 31.2. The smallest absolute Gasteiger partial charge is 0.327 e. The summed E-state index contributed by atoms with van der Waals surface area (Å²) >= 11 is 0. The van der Waals surface area contributed by atoms with Gasteiger partial charge >= 0.3 is 17.2 Å². The maximum atomic E-state index is 11.1. The Bertz CT molecular complexity index is 1190. The number of aliphatic hydroxyl groups excluding tert-OH is 1. The van der Waals surface area contributed by atoms with Gasteiger partial charge in [0.05, 0.1) is 25.2 Å². The quantitative estimate of drug-likeness (QED) is 0.161. The fourth-order valence-corrected chi connectivity index (χ4v) is 5.77. The minimum atomic E-state index is -2.79. The van der Waals surface area contributed by atoms with Crippen molar-refractivity contribution in [2.45, 2.75) is 111 Å². The molecule has 1 atom stereocenters. The van der Waals surface area contributed by atoms with Crippen LogP contribution in [0.5, 0.6) is 5.75 Å². The SMILES string of the molecule is CC(C)(C)c1ccc(C(C)(C)C)c(OC(c2cc(C(C)(C)C)ccc2C(C)(C)C)C(CO)(COP(O)O)COP(O)O)c1. The summed E-state index contributed by atoms with van der Waals surface area (Å²) in [5.74, 6) is 0.606. The lowest BCUT2D eigenvalue weighted by Crippen LogP contribution is -2.44. The lowest BCUT2D eigenvalue weighted by molar-refractivity contribution is -0.0664. The molecule has 1 unspecified atom stereocenters. The van der Waals surface area contributed by atoms with E-state index in [1.54, 1.807) is 0 Å². The standard InChI is InChI=1S/C33H54O8P2/c1-29(2,3)22-13-15-25(31(7,8)9)24(17-22)28(33(19-34,20-39-42(35)36)21-40-43(37)38)41-27-18-23(30(4,5)6)14-16-26(27)32(10,11)12/h13-18,28,34-38H,19-21H2,1-12H3. The third-order valence-corrected chi connectivity index (χ3v) is 8.43. The molecule has 0 aromatic heterocycles. The van der Waals surface area contributed by atoms with Crippen molar-refractivity contribution in [3.05, 3.63) is 64.2 Å². The van der Waals surface area contributed by atoms with Crippen LogP contribution in [0.4, 0.5) is 0 Å². The summed E-state index contributed by atoms with van der Waals surface area (Å²) < 4.78 is 17.8. The molecule has 2 aromatic rings. The van der Waals surface area contributed by atoms with Gasteiger partial charge in [-0.25, -0.2) is 0 Å². The predicted molar refractivity (Wildman–Crippen MR) is 175 cm³/mol. The fourth-order valence-electron chi connectivity index (χ4n) is 5.02. The zero-order valence-corrected chi connectivity index (χ0v) is 29.8. The molecule has 8 nitrogen and oxygen atoms in total. The number of ether oxygens (including phenoxy) is 1. The maximum absolute atomic E-state index is 11.1. The van der Waals surface area contributed by atoms with Crippen LogP contribution in [-0.2, 0) is 30.7 Å². The van der Waals surface area contributed by atoms with Crippen molar-refractivity contribution in [2.75, 3.05) is 19.8 Å². The third-order valence-electron chi connectivity index (χ3n) is 7.71. The van der Waals surface area contributed by atoms with E-state index in [1.165, 1.54) is 0 Å². The van der Waals surface area contributed by atoms with Gasteiger partial charge in [0.1, 0.15) is 11.9 Å². The summed E-state index contributed by atoms with van der Waals surface area (Å²) in [4.78, 5) is 39.1. The summed E-state index contributed by atoms with van der Waals surface area (Å²) in [6.45, 7) is 24.0. The van der Waals surface area contributed by atoms with Crippen LogP contribution in [0.3, 0.4) is 0 Å². The van der Waals surface area contributed by atoms with Gasteiger partial charge in [-0.3, -0.25) is 0 Å². The Morgan fingerprint density at radius 1 is 0.605 bits per heavy atom. The van der Waals surface area contributed by atoms with E-state index < -0.39 is 35.3 Å². The maximum Gasteiger partial charge on any atom is 0.327 e. The largest absolute Gasteiger partial charge is 0.485 e. The first-order valence-electron chi connectivity index (χ1n) is 14.6. The number of hydrogen-bond donors (Lipinski definition) is 5. The van der Waals surface area contributed by atoms with E-state index >= 15 is 0 Å². The van der Waals surface area contributed by atoms with Crippen molar-refractivity contribution in [1.82, 2.24) is 0 Å². The summed E-state index contributed by atoms with van der Waals surface area (Å²) in [5.41, 5.74) is 2.24. The molecule has 244 valence electrons. The highest BCUT2D eigenvalue weighted by Crippen LogP contribution is 2.48. The number of benzene rings is 2. The Labute approximate surface area is 261 Å². The first kappa shape index (κ1) is 38.0. The first-order valence-corrected chi connectivity index (χ1v) is 16.9. The molecule has 0 saturated heterocycles. The second-order valence-electron chi connectivity index (χ2n) is 15.6. The van der Waals surface area contributed by atoms with Crippen LogP contribution in [0.15, 0.2) is 36.4 Å². The molecule has 0 amide bonds. The normalized spacial score (nSPS) is 14.5. The Morgan fingerprint density at radius 3 is 1.40 bits per heavy atom. The molecule has 5 N–H and O–H groups in total. The van der Waals surface area contributed by atoms with E-state index in [1.807, 2.05) is 6.07 Å². The van der Waals surface area contributed by atoms with Gasteiger partial charge in [-0.05, 0) is 55.5 Å². The van der Waals surface area contributed by atoms with Crippen molar-refractivity contribution in [3.8, 4) is 5.75 Å².